The maximum atomic E-state index is 13.9. The van der Waals surface area contributed by atoms with Crippen molar-refractivity contribution in [2.75, 3.05) is 6.61 Å². The molecule has 5 rings (SSSR count). The van der Waals surface area contributed by atoms with E-state index in [-0.39, 0.29) is 12.2 Å². The van der Waals surface area contributed by atoms with Crippen molar-refractivity contribution in [3.8, 4) is 5.75 Å². The number of thiazole rings is 1. The van der Waals surface area contributed by atoms with Crippen LogP contribution in [-0.4, -0.2) is 17.1 Å². The average molecular weight is 798 g/mol. The molecule has 1 aliphatic rings. The fourth-order valence-electron chi connectivity index (χ4n) is 4.59. The van der Waals surface area contributed by atoms with E-state index in [2.05, 4.69) is 43.5 Å². The number of carbonyl (C=O) groups is 1. The van der Waals surface area contributed by atoms with Crippen molar-refractivity contribution in [3.63, 3.8) is 0 Å². The fourth-order valence-corrected chi connectivity index (χ4v) is 7.73. The average Bonchev–Trinajstić information content (AvgIpc) is 3.24. The fraction of sp³-hybridized carbons (Fsp3) is 0.194. The van der Waals surface area contributed by atoms with Crippen LogP contribution in [0.4, 0.5) is 0 Å². The first-order valence-electron chi connectivity index (χ1n) is 12.9. The van der Waals surface area contributed by atoms with E-state index in [4.69, 9.17) is 32.7 Å². The van der Waals surface area contributed by atoms with Gasteiger partial charge in [-0.05, 0) is 106 Å². The van der Waals surface area contributed by atoms with Crippen LogP contribution in [0.1, 0.15) is 42.1 Å². The lowest BCUT2D eigenvalue weighted by atomic mass is 9.95. The molecular formula is C31H24BrCl2IN2O4S. The van der Waals surface area contributed by atoms with Crippen molar-refractivity contribution in [1.29, 1.82) is 0 Å². The van der Waals surface area contributed by atoms with E-state index in [1.807, 2.05) is 55.5 Å². The monoisotopic (exact) mass is 796 g/mol. The third-order valence-electron chi connectivity index (χ3n) is 6.60. The Morgan fingerprint density at radius 1 is 1.12 bits per heavy atom. The molecule has 0 radical (unpaired) electrons. The number of nitrogens with zero attached hydrogens (tertiary/aromatic N) is 2. The number of allylic oxidation sites excluding steroid dienone is 1. The van der Waals surface area contributed by atoms with Gasteiger partial charge in [0.1, 0.15) is 12.4 Å². The maximum Gasteiger partial charge on any atom is 0.338 e. The van der Waals surface area contributed by atoms with Crippen molar-refractivity contribution < 1.29 is 14.3 Å². The second-order valence-corrected chi connectivity index (χ2v) is 13.4. The Hall–Kier alpha value is -2.44. The lowest BCUT2D eigenvalue weighted by Gasteiger charge is -2.24. The van der Waals surface area contributed by atoms with Crippen molar-refractivity contribution >= 4 is 85.1 Å². The first-order chi connectivity index (χ1) is 20.1. The summed E-state index contributed by atoms with van der Waals surface area (Å²) < 4.78 is 15.1. The van der Waals surface area contributed by atoms with E-state index in [1.165, 1.54) is 11.3 Å². The summed E-state index contributed by atoms with van der Waals surface area (Å²) in [5.74, 6) is 0.197. The summed E-state index contributed by atoms with van der Waals surface area (Å²) in [5, 5.41) is 0.959. The largest absolute Gasteiger partial charge is 0.487 e. The van der Waals surface area contributed by atoms with E-state index in [0.29, 0.717) is 43.0 Å². The Bertz CT molecular complexity index is 1900. The molecule has 4 aromatic rings. The molecule has 0 amide bonds. The highest BCUT2D eigenvalue weighted by Gasteiger charge is 2.33. The molecule has 0 N–H and O–H groups in total. The number of fused-ring (bicyclic) bond motifs is 1. The molecule has 6 nitrogen and oxygen atoms in total. The molecule has 216 valence electrons. The smallest absolute Gasteiger partial charge is 0.338 e. The number of ether oxygens (including phenoxy) is 2. The number of carbonyl (C=O) groups excluding carboxylic acids is 1. The first-order valence-corrected chi connectivity index (χ1v) is 16.3. The highest BCUT2D eigenvalue weighted by atomic mass is 127. The van der Waals surface area contributed by atoms with Gasteiger partial charge in [0, 0.05) is 0 Å². The van der Waals surface area contributed by atoms with Crippen LogP contribution in [0.3, 0.4) is 0 Å². The Kier molecular flexibility index (Phi) is 9.63. The molecule has 0 spiro atoms. The summed E-state index contributed by atoms with van der Waals surface area (Å²) in [6, 6.07) is 16.4. The molecule has 2 heterocycles. The van der Waals surface area contributed by atoms with Gasteiger partial charge in [-0.2, -0.15) is 0 Å². The van der Waals surface area contributed by atoms with E-state index in [9.17, 15) is 9.59 Å². The van der Waals surface area contributed by atoms with E-state index < -0.39 is 12.0 Å². The predicted octanol–water partition coefficient (Wildman–Crippen LogP) is 7.36. The first kappa shape index (κ1) is 31.0. The number of benzene rings is 3. The Labute approximate surface area is 278 Å². The Balaban J connectivity index is 1.54. The van der Waals surface area contributed by atoms with Crippen LogP contribution in [-0.2, 0) is 16.1 Å². The van der Waals surface area contributed by atoms with Crippen molar-refractivity contribution in [1.82, 2.24) is 4.57 Å². The summed E-state index contributed by atoms with van der Waals surface area (Å²) in [4.78, 5) is 32.1. The molecule has 1 aliphatic heterocycles. The summed E-state index contributed by atoms with van der Waals surface area (Å²) in [6.07, 6.45) is 1.83. The highest BCUT2D eigenvalue weighted by Crippen LogP contribution is 2.34. The topological polar surface area (TPSA) is 69.9 Å². The van der Waals surface area contributed by atoms with E-state index in [1.54, 1.807) is 30.5 Å². The van der Waals surface area contributed by atoms with Crippen LogP contribution >= 0.6 is 73.1 Å². The Morgan fingerprint density at radius 2 is 1.86 bits per heavy atom. The second kappa shape index (κ2) is 13.1. The zero-order chi connectivity index (χ0) is 30.1. The minimum absolute atomic E-state index is 0.224. The molecule has 0 unspecified atom stereocenters. The molecule has 0 bridgehead atoms. The molecule has 1 aromatic heterocycles. The normalized spacial score (nSPS) is 14.9. The third-order valence-corrected chi connectivity index (χ3v) is 9.71. The van der Waals surface area contributed by atoms with Gasteiger partial charge in [0.25, 0.3) is 5.56 Å². The van der Waals surface area contributed by atoms with Crippen molar-refractivity contribution in [3.05, 3.63) is 126 Å². The highest BCUT2D eigenvalue weighted by molar-refractivity contribution is 14.1. The zero-order valence-electron chi connectivity index (χ0n) is 22.7. The number of aryl methyl sites for hydroxylation is 1. The van der Waals surface area contributed by atoms with E-state index in [0.717, 1.165) is 30.3 Å². The molecule has 0 saturated carbocycles. The van der Waals surface area contributed by atoms with Crippen LogP contribution in [0.25, 0.3) is 6.08 Å². The van der Waals surface area contributed by atoms with Gasteiger partial charge in [-0.3, -0.25) is 9.36 Å². The van der Waals surface area contributed by atoms with Crippen LogP contribution in [0.2, 0.25) is 10.0 Å². The van der Waals surface area contributed by atoms with Crippen LogP contribution in [0, 0.1) is 10.5 Å². The summed E-state index contributed by atoms with van der Waals surface area (Å²) in [5.41, 5.74) is 4.25. The van der Waals surface area contributed by atoms with Gasteiger partial charge in [-0.1, -0.05) is 70.4 Å². The number of hydrogen-bond acceptors (Lipinski definition) is 6. The van der Waals surface area contributed by atoms with Crippen molar-refractivity contribution in [2.45, 2.75) is 33.4 Å². The molecule has 3 aromatic carbocycles. The number of hydrogen-bond donors (Lipinski definition) is 0. The number of esters is 1. The van der Waals surface area contributed by atoms with Gasteiger partial charge in [0.15, 0.2) is 4.80 Å². The van der Waals surface area contributed by atoms with Crippen LogP contribution in [0.15, 0.2) is 80.1 Å². The predicted molar refractivity (Wildman–Crippen MR) is 179 cm³/mol. The number of aromatic nitrogens is 1. The van der Waals surface area contributed by atoms with Gasteiger partial charge in [0.05, 0.1) is 46.5 Å². The van der Waals surface area contributed by atoms with Gasteiger partial charge in [-0.15, -0.1) is 0 Å². The summed E-state index contributed by atoms with van der Waals surface area (Å²) >= 11 is 19.3. The van der Waals surface area contributed by atoms with Gasteiger partial charge >= 0.3 is 5.97 Å². The molecule has 0 saturated heterocycles. The number of halogens is 4. The molecule has 11 heteroatoms. The molecule has 0 aliphatic carbocycles. The minimum Gasteiger partial charge on any atom is -0.487 e. The summed E-state index contributed by atoms with van der Waals surface area (Å²) in [6.45, 7) is 6.06. The van der Waals surface area contributed by atoms with Gasteiger partial charge < -0.3 is 9.47 Å². The molecule has 1 atom stereocenters. The standard InChI is InChI=1S/C31H24BrCl2IN2O4S/c1-4-40-30(39)26-17(3)36-31-37(27(26)20-8-5-16(2)6-9-20)29(38)25(42-31)14-19-11-21(32)28(24(35)13-19)41-15-18-7-10-22(33)23(34)12-18/h5-14,27H,4,15H2,1-3H3/b25-14+/t27-/m0/s1. The zero-order valence-corrected chi connectivity index (χ0v) is 28.8. The van der Waals surface area contributed by atoms with Crippen molar-refractivity contribution in [2.24, 2.45) is 4.99 Å². The number of rotatable bonds is 7. The lowest BCUT2D eigenvalue weighted by Crippen LogP contribution is -2.39. The van der Waals surface area contributed by atoms with E-state index >= 15 is 0 Å². The molecular weight excluding hydrogens is 774 g/mol. The molecule has 0 fully saturated rings. The van der Waals surface area contributed by atoms with Crippen LogP contribution in [0.5, 0.6) is 5.75 Å². The molecule has 42 heavy (non-hydrogen) atoms. The van der Waals surface area contributed by atoms with Gasteiger partial charge in [-0.25, -0.2) is 9.79 Å². The third kappa shape index (κ3) is 6.40. The van der Waals surface area contributed by atoms with Crippen LogP contribution < -0.4 is 19.6 Å². The minimum atomic E-state index is -0.646. The maximum absolute atomic E-state index is 13.9. The summed E-state index contributed by atoms with van der Waals surface area (Å²) in [7, 11) is 0. The van der Waals surface area contributed by atoms with Gasteiger partial charge in [0.2, 0.25) is 0 Å². The quantitative estimate of drug-likeness (QED) is 0.145. The SMILES string of the molecule is CCOC(=O)C1=C(C)N=c2s/c(=C/c3cc(Br)c(OCc4ccc(Cl)c(Cl)c4)c(I)c3)c(=O)n2[C@H]1c1ccc(C)cc1. The Morgan fingerprint density at radius 3 is 2.52 bits per heavy atom. The second-order valence-electron chi connectivity index (χ2n) is 9.56. The lowest BCUT2D eigenvalue weighted by molar-refractivity contribution is -0.139.